The fourth-order valence-corrected chi connectivity index (χ4v) is 8.74. The number of hydrogen-bond donors (Lipinski definition) is 4. The molecule has 0 radical (unpaired) electrons. The minimum absolute atomic E-state index is 0.0292. The number of halogens is 2. The van der Waals surface area contributed by atoms with Gasteiger partial charge in [0.25, 0.3) is 0 Å². The zero-order valence-electron chi connectivity index (χ0n) is 29.2. The van der Waals surface area contributed by atoms with Gasteiger partial charge in [0.1, 0.15) is 5.66 Å². The van der Waals surface area contributed by atoms with Crippen LogP contribution >= 0.6 is 23.2 Å². The van der Waals surface area contributed by atoms with Gasteiger partial charge in [0.2, 0.25) is 27.7 Å². The third-order valence-corrected chi connectivity index (χ3v) is 12.5. The lowest BCUT2D eigenvalue weighted by atomic mass is 9.80. The maximum Gasteiger partial charge on any atom is 0.230 e. The first-order valence-electron chi connectivity index (χ1n) is 18.6. The van der Waals surface area contributed by atoms with E-state index in [1.165, 1.54) is 77.0 Å². The molecule has 3 atom stereocenters. The van der Waals surface area contributed by atoms with E-state index in [1.54, 1.807) is 6.92 Å². The highest BCUT2D eigenvalue weighted by molar-refractivity contribution is 7.89. The van der Waals surface area contributed by atoms with Gasteiger partial charge in [-0.1, -0.05) is 103 Å². The van der Waals surface area contributed by atoms with Gasteiger partial charge in [-0.15, -0.1) is 23.2 Å². The van der Waals surface area contributed by atoms with Gasteiger partial charge in [-0.25, -0.2) is 13.1 Å². The zero-order chi connectivity index (χ0) is 34.6. The summed E-state index contributed by atoms with van der Waals surface area (Å²) >= 11 is 12.2. The molecule has 47 heavy (non-hydrogen) atoms. The molecule has 2 heterocycles. The number of unbranched alkanes of at least 4 members (excludes halogenated alkanes) is 15. The predicted molar refractivity (Wildman–Crippen MR) is 193 cm³/mol. The van der Waals surface area contributed by atoms with Gasteiger partial charge in [-0.3, -0.25) is 14.4 Å². The van der Waals surface area contributed by atoms with E-state index in [-0.39, 0.29) is 36.3 Å². The first-order chi connectivity index (χ1) is 22.5. The Morgan fingerprint density at radius 3 is 1.91 bits per heavy atom. The second kappa shape index (κ2) is 22.6. The Morgan fingerprint density at radius 1 is 0.851 bits per heavy atom. The van der Waals surface area contributed by atoms with Crippen LogP contribution in [0.15, 0.2) is 0 Å². The van der Waals surface area contributed by atoms with E-state index in [0.29, 0.717) is 38.6 Å². The SMILES string of the molecule is CCCCCCCCCCCCCCCCCCS(=O)(=O)N[C@H]1CCCNC(=O)C1[C@@]1(NC(=O)C(C)(CCl)CCl)CCCCC(=O)N1. The van der Waals surface area contributed by atoms with E-state index in [2.05, 4.69) is 27.6 Å². The molecular weight excluding hydrogens is 659 g/mol. The van der Waals surface area contributed by atoms with Crippen LogP contribution in [0.5, 0.6) is 0 Å². The van der Waals surface area contributed by atoms with Crippen molar-refractivity contribution in [1.82, 2.24) is 20.7 Å². The normalized spacial score (nSPS) is 22.6. The summed E-state index contributed by atoms with van der Waals surface area (Å²) in [6, 6.07) is -0.805. The van der Waals surface area contributed by atoms with Gasteiger partial charge >= 0.3 is 0 Å². The molecule has 0 aromatic carbocycles. The molecule has 4 N–H and O–H groups in total. The quantitative estimate of drug-likeness (QED) is 0.0626. The smallest absolute Gasteiger partial charge is 0.230 e. The van der Waals surface area contributed by atoms with Crippen molar-refractivity contribution < 1.29 is 22.8 Å². The van der Waals surface area contributed by atoms with E-state index >= 15 is 0 Å². The maximum absolute atomic E-state index is 13.6. The highest BCUT2D eigenvalue weighted by Gasteiger charge is 2.52. The molecule has 3 amide bonds. The molecule has 2 fully saturated rings. The van der Waals surface area contributed by atoms with E-state index < -0.39 is 44.9 Å². The van der Waals surface area contributed by atoms with Crippen LogP contribution < -0.4 is 20.7 Å². The molecular formula is C35H64Cl2N4O5S. The van der Waals surface area contributed by atoms with Crippen LogP contribution in [0.2, 0.25) is 0 Å². The molecule has 2 saturated heterocycles. The van der Waals surface area contributed by atoms with Gasteiger partial charge < -0.3 is 16.0 Å². The average molecular weight is 724 g/mol. The fraction of sp³-hybridized carbons (Fsp3) is 0.914. The highest BCUT2D eigenvalue weighted by Crippen LogP contribution is 2.33. The first kappa shape index (κ1) is 42.1. The second-order valence-electron chi connectivity index (χ2n) is 14.3. The van der Waals surface area contributed by atoms with Crippen LogP contribution in [0.4, 0.5) is 0 Å². The highest BCUT2D eigenvalue weighted by atomic mass is 35.5. The van der Waals surface area contributed by atoms with Gasteiger partial charge in [-0.05, 0) is 45.4 Å². The number of rotatable bonds is 24. The van der Waals surface area contributed by atoms with Crippen LogP contribution in [0.1, 0.15) is 155 Å². The van der Waals surface area contributed by atoms with Gasteiger partial charge in [-0.2, -0.15) is 0 Å². The van der Waals surface area contributed by atoms with Crippen molar-refractivity contribution in [3.63, 3.8) is 0 Å². The van der Waals surface area contributed by atoms with Crippen molar-refractivity contribution in [2.24, 2.45) is 11.3 Å². The summed E-state index contributed by atoms with van der Waals surface area (Å²) in [5.74, 6) is -2.38. The number of nitrogens with one attached hydrogen (secondary N) is 4. The standard InChI is InChI=1S/C35H64Cl2N4O5S/c1-3-4-5-6-7-8-9-10-11-12-13-14-15-16-17-20-26-47(45,46)41-29-22-21-25-38-32(43)31(29)35(24-19-18-23-30(42)39-35)40-33(44)34(2,27-36)28-37/h29,31,41H,3-28H2,1-2H3,(H,38,43)(H,39,42)(H,40,44)/t29-,31?,35-/m0/s1. The van der Waals surface area contributed by atoms with Gasteiger partial charge in [0.05, 0.1) is 17.1 Å². The molecule has 274 valence electrons. The predicted octanol–water partition coefficient (Wildman–Crippen LogP) is 7.05. The van der Waals surface area contributed by atoms with Gasteiger partial charge in [0, 0.05) is 30.8 Å². The summed E-state index contributed by atoms with van der Waals surface area (Å²) in [7, 11) is -3.73. The molecule has 0 aliphatic carbocycles. The third-order valence-electron chi connectivity index (χ3n) is 9.87. The van der Waals surface area contributed by atoms with Crippen molar-refractivity contribution in [3.05, 3.63) is 0 Å². The summed E-state index contributed by atoms with van der Waals surface area (Å²) in [5, 5.41) is 8.77. The van der Waals surface area contributed by atoms with Crippen molar-refractivity contribution in [2.45, 2.75) is 167 Å². The summed E-state index contributed by atoms with van der Waals surface area (Å²) < 4.78 is 29.5. The van der Waals surface area contributed by atoms with Gasteiger partial charge in [0.15, 0.2) is 0 Å². The van der Waals surface area contributed by atoms with Crippen molar-refractivity contribution >= 4 is 50.9 Å². The zero-order valence-corrected chi connectivity index (χ0v) is 31.6. The van der Waals surface area contributed by atoms with Crippen molar-refractivity contribution in [2.75, 3.05) is 24.1 Å². The summed E-state index contributed by atoms with van der Waals surface area (Å²) in [5.41, 5.74) is -2.63. The molecule has 1 unspecified atom stereocenters. The molecule has 2 aliphatic rings. The molecule has 0 aromatic heterocycles. The number of hydrogen-bond acceptors (Lipinski definition) is 5. The molecule has 0 aromatic rings. The Balaban J connectivity index is 1.89. The largest absolute Gasteiger partial charge is 0.356 e. The maximum atomic E-state index is 13.6. The molecule has 2 aliphatic heterocycles. The Bertz CT molecular complexity index is 1040. The monoisotopic (exact) mass is 722 g/mol. The molecule has 2 rings (SSSR count). The number of amides is 3. The Kier molecular flexibility index (Phi) is 20.2. The summed E-state index contributed by atoms with van der Waals surface area (Å²) in [4.78, 5) is 40.0. The van der Waals surface area contributed by atoms with Crippen LogP contribution in [0, 0.1) is 11.3 Å². The topological polar surface area (TPSA) is 133 Å². The lowest BCUT2D eigenvalue weighted by molar-refractivity contribution is -0.137. The molecule has 9 nitrogen and oxygen atoms in total. The minimum atomic E-state index is -3.73. The second-order valence-corrected chi connectivity index (χ2v) is 16.7. The summed E-state index contributed by atoms with van der Waals surface area (Å²) in [6.45, 7) is 4.26. The van der Waals surface area contributed by atoms with E-state index in [9.17, 15) is 22.8 Å². The molecule has 0 spiro atoms. The Labute approximate surface area is 295 Å². The molecule has 0 saturated carbocycles. The molecule has 0 bridgehead atoms. The Hall–Kier alpha value is -1.10. The molecule has 12 heteroatoms. The Morgan fingerprint density at radius 2 is 1.38 bits per heavy atom. The summed E-state index contributed by atoms with van der Waals surface area (Å²) in [6.07, 6.45) is 22.0. The lowest BCUT2D eigenvalue weighted by Crippen LogP contribution is -2.71. The van der Waals surface area contributed by atoms with Crippen LogP contribution in [0.3, 0.4) is 0 Å². The number of carbonyl (C=O) groups excluding carboxylic acids is 3. The van der Waals surface area contributed by atoms with Crippen LogP contribution in [0.25, 0.3) is 0 Å². The lowest BCUT2D eigenvalue weighted by Gasteiger charge is -2.44. The van der Waals surface area contributed by atoms with E-state index in [0.717, 1.165) is 19.3 Å². The van der Waals surface area contributed by atoms with E-state index in [4.69, 9.17) is 23.2 Å². The number of sulfonamides is 1. The van der Waals surface area contributed by atoms with Crippen molar-refractivity contribution in [3.8, 4) is 0 Å². The van der Waals surface area contributed by atoms with Crippen molar-refractivity contribution in [1.29, 1.82) is 0 Å². The number of alkyl halides is 2. The first-order valence-corrected chi connectivity index (χ1v) is 21.3. The van der Waals surface area contributed by atoms with Crippen LogP contribution in [-0.2, 0) is 24.4 Å². The minimum Gasteiger partial charge on any atom is -0.356 e. The average Bonchev–Trinajstić information content (AvgIpc) is 3.34. The third kappa shape index (κ3) is 15.1. The van der Waals surface area contributed by atoms with E-state index in [1.807, 2.05) is 0 Å². The fourth-order valence-electron chi connectivity index (χ4n) is 6.80. The van der Waals surface area contributed by atoms with Crippen LogP contribution in [-0.4, -0.2) is 61.9 Å². The number of carbonyl (C=O) groups is 3.